The fourth-order valence-corrected chi connectivity index (χ4v) is 1.67. The average Bonchev–Trinajstić information content (AvgIpc) is 2.17. The summed E-state index contributed by atoms with van der Waals surface area (Å²) in [6.07, 6.45) is 4.23. The van der Waals surface area contributed by atoms with Gasteiger partial charge >= 0.3 is 0 Å². The Bertz CT molecular complexity index is 78.6. The number of likely N-dealkylation sites (tertiary alicyclic amines) is 1. The van der Waals surface area contributed by atoms with Crippen LogP contribution in [0.1, 0.15) is 26.2 Å². The number of nitrogens with zero attached hydrogens (tertiary/aromatic N) is 1. The highest BCUT2D eigenvalue weighted by atomic mass is 15.1. The molecule has 0 aromatic carbocycles. The van der Waals surface area contributed by atoms with Crippen LogP contribution in [0.5, 0.6) is 0 Å². The molecule has 1 heteroatoms. The monoisotopic (exact) mass is 127 g/mol. The second-order valence-corrected chi connectivity index (χ2v) is 3.21. The van der Waals surface area contributed by atoms with Gasteiger partial charge in [-0.3, -0.25) is 0 Å². The predicted molar refractivity (Wildman–Crippen MR) is 40.5 cm³/mol. The van der Waals surface area contributed by atoms with Crippen LogP contribution < -0.4 is 0 Å². The van der Waals surface area contributed by atoms with E-state index in [1.165, 1.54) is 32.4 Å². The summed E-state index contributed by atoms with van der Waals surface area (Å²) in [4.78, 5) is 2.43. The highest BCUT2D eigenvalue weighted by Gasteiger charge is 2.17. The van der Waals surface area contributed by atoms with Gasteiger partial charge in [0.1, 0.15) is 0 Å². The fraction of sp³-hybridized carbons (Fsp3) is 1.00. The van der Waals surface area contributed by atoms with Gasteiger partial charge in [-0.05, 0) is 32.4 Å². The largest absolute Gasteiger partial charge is 0.306 e. The van der Waals surface area contributed by atoms with Crippen molar-refractivity contribution < 1.29 is 0 Å². The lowest BCUT2D eigenvalue weighted by atomic mass is 10.0. The normalized spacial score (nSPS) is 29.3. The van der Waals surface area contributed by atoms with Gasteiger partial charge < -0.3 is 4.90 Å². The number of hydrogen-bond donors (Lipinski definition) is 0. The molecule has 0 N–H and O–H groups in total. The molecule has 0 aliphatic carbocycles. The lowest BCUT2D eigenvalue weighted by Gasteiger charge is -2.07. The quantitative estimate of drug-likeness (QED) is 0.546. The summed E-state index contributed by atoms with van der Waals surface area (Å²) in [5.74, 6) is 1.01. The molecular weight excluding hydrogens is 110 g/mol. The van der Waals surface area contributed by atoms with E-state index in [9.17, 15) is 0 Å². The van der Waals surface area contributed by atoms with Gasteiger partial charge in [0.25, 0.3) is 0 Å². The Morgan fingerprint density at radius 3 is 2.78 bits per heavy atom. The van der Waals surface area contributed by atoms with Crippen molar-refractivity contribution in [1.82, 2.24) is 4.90 Å². The summed E-state index contributed by atoms with van der Waals surface area (Å²) in [5.41, 5.74) is 0. The molecule has 1 aliphatic heterocycles. The highest BCUT2D eigenvalue weighted by Crippen LogP contribution is 2.18. The first-order valence-electron chi connectivity index (χ1n) is 4.01. The Hall–Kier alpha value is -0.0400. The van der Waals surface area contributed by atoms with Crippen molar-refractivity contribution in [2.45, 2.75) is 26.2 Å². The maximum atomic E-state index is 2.43. The maximum absolute atomic E-state index is 2.43. The number of rotatable bonds is 2. The van der Waals surface area contributed by atoms with Crippen LogP contribution in [0.4, 0.5) is 0 Å². The van der Waals surface area contributed by atoms with Gasteiger partial charge in [-0.2, -0.15) is 0 Å². The van der Waals surface area contributed by atoms with Crippen LogP contribution in [-0.4, -0.2) is 25.0 Å². The van der Waals surface area contributed by atoms with Crippen LogP contribution in [0.15, 0.2) is 0 Å². The van der Waals surface area contributed by atoms with Gasteiger partial charge in [-0.1, -0.05) is 13.3 Å². The van der Waals surface area contributed by atoms with Crippen molar-refractivity contribution in [3.05, 3.63) is 0 Å². The molecule has 1 aliphatic rings. The Kier molecular flexibility index (Phi) is 2.52. The second-order valence-electron chi connectivity index (χ2n) is 3.21. The Morgan fingerprint density at radius 1 is 1.56 bits per heavy atom. The molecule has 1 saturated heterocycles. The minimum Gasteiger partial charge on any atom is -0.306 e. The van der Waals surface area contributed by atoms with E-state index in [-0.39, 0.29) is 0 Å². The first kappa shape index (κ1) is 7.07. The van der Waals surface area contributed by atoms with Crippen molar-refractivity contribution in [3.8, 4) is 0 Å². The third-order valence-corrected chi connectivity index (χ3v) is 2.19. The van der Waals surface area contributed by atoms with E-state index in [4.69, 9.17) is 0 Å². The van der Waals surface area contributed by atoms with E-state index < -0.39 is 0 Å². The minimum absolute atomic E-state index is 1.01. The topological polar surface area (TPSA) is 3.24 Å². The molecule has 1 fully saturated rings. The molecular formula is C8H17N. The van der Waals surface area contributed by atoms with E-state index in [2.05, 4.69) is 18.9 Å². The molecule has 1 rings (SSSR count). The zero-order chi connectivity index (χ0) is 6.69. The van der Waals surface area contributed by atoms with Gasteiger partial charge in [-0.15, -0.1) is 0 Å². The molecule has 1 heterocycles. The van der Waals surface area contributed by atoms with Gasteiger partial charge in [0.15, 0.2) is 0 Å². The molecule has 0 aromatic heterocycles. The summed E-state index contributed by atoms with van der Waals surface area (Å²) in [6, 6.07) is 0. The van der Waals surface area contributed by atoms with E-state index in [1.54, 1.807) is 0 Å². The van der Waals surface area contributed by atoms with Crippen molar-refractivity contribution in [3.63, 3.8) is 0 Å². The minimum atomic E-state index is 1.01. The molecule has 0 radical (unpaired) electrons. The third-order valence-electron chi connectivity index (χ3n) is 2.19. The zero-order valence-electron chi connectivity index (χ0n) is 6.56. The molecule has 1 atom stereocenters. The van der Waals surface area contributed by atoms with E-state index >= 15 is 0 Å². The standard InChI is InChI=1S/C8H17N/c1-3-4-8-5-6-9(2)7-8/h8H,3-7H2,1-2H3/t8-/m0/s1. The summed E-state index contributed by atoms with van der Waals surface area (Å²) < 4.78 is 0. The first-order valence-corrected chi connectivity index (χ1v) is 4.01. The van der Waals surface area contributed by atoms with Crippen molar-refractivity contribution >= 4 is 0 Å². The van der Waals surface area contributed by atoms with Gasteiger partial charge in [0.05, 0.1) is 0 Å². The third kappa shape index (κ3) is 1.98. The molecule has 54 valence electrons. The Balaban J connectivity index is 2.14. The molecule has 0 saturated carbocycles. The van der Waals surface area contributed by atoms with Crippen LogP contribution in [0.3, 0.4) is 0 Å². The van der Waals surface area contributed by atoms with E-state index in [0.29, 0.717) is 0 Å². The van der Waals surface area contributed by atoms with Crippen molar-refractivity contribution in [2.24, 2.45) is 5.92 Å². The Labute approximate surface area is 58.0 Å². The van der Waals surface area contributed by atoms with E-state index in [0.717, 1.165) is 5.92 Å². The molecule has 0 bridgehead atoms. The van der Waals surface area contributed by atoms with Crippen molar-refractivity contribution in [2.75, 3.05) is 20.1 Å². The zero-order valence-corrected chi connectivity index (χ0v) is 6.56. The Morgan fingerprint density at radius 2 is 2.33 bits per heavy atom. The molecule has 0 spiro atoms. The molecule has 1 nitrogen and oxygen atoms in total. The van der Waals surface area contributed by atoms with Crippen molar-refractivity contribution in [1.29, 1.82) is 0 Å². The lowest BCUT2D eigenvalue weighted by molar-refractivity contribution is 0.387. The molecule has 0 aromatic rings. The van der Waals surface area contributed by atoms with Crippen LogP contribution in [0.2, 0.25) is 0 Å². The van der Waals surface area contributed by atoms with Gasteiger partial charge in [0, 0.05) is 6.54 Å². The maximum Gasteiger partial charge on any atom is 0.000708 e. The smallest absolute Gasteiger partial charge is 0.000708 e. The second kappa shape index (κ2) is 3.21. The van der Waals surface area contributed by atoms with Gasteiger partial charge in [0.2, 0.25) is 0 Å². The van der Waals surface area contributed by atoms with Gasteiger partial charge in [-0.25, -0.2) is 0 Å². The molecule has 9 heavy (non-hydrogen) atoms. The SMILES string of the molecule is CCC[C@H]1CCN(C)C1. The van der Waals surface area contributed by atoms with Crippen LogP contribution in [0, 0.1) is 5.92 Å². The predicted octanol–water partition coefficient (Wildman–Crippen LogP) is 1.74. The summed E-state index contributed by atoms with van der Waals surface area (Å²) in [5, 5.41) is 0. The first-order chi connectivity index (χ1) is 4.33. The average molecular weight is 127 g/mol. The van der Waals surface area contributed by atoms with Crippen LogP contribution in [-0.2, 0) is 0 Å². The van der Waals surface area contributed by atoms with Crippen LogP contribution in [0.25, 0.3) is 0 Å². The fourth-order valence-electron chi connectivity index (χ4n) is 1.67. The summed E-state index contributed by atoms with van der Waals surface area (Å²) >= 11 is 0. The lowest BCUT2D eigenvalue weighted by Crippen LogP contribution is -2.13. The molecule has 0 amide bonds. The summed E-state index contributed by atoms with van der Waals surface area (Å²) in [7, 11) is 2.22. The number of hydrogen-bond acceptors (Lipinski definition) is 1. The van der Waals surface area contributed by atoms with Crippen LogP contribution >= 0.6 is 0 Å². The highest BCUT2D eigenvalue weighted by molar-refractivity contribution is 4.71. The van der Waals surface area contributed by atoms with E-state index in [1.807, 2.05) is 0 Å². The molecule has 0 unspecified atom stereocenters. The summed E-state index contributed by atoms with van der Waals surface area (Å²) in [6.45, 7) is 4.94.